The second kappa shape index (κ2) is 7.42. The van der Waals surface area contributed by atoms with Crippen molar-refractivity contribution in [3.63, 3.8) is 0 Å². The number of nitrogens with zero attached hydrogens (tertiary/aromatic N) is 1. The monoisotopic (exact) mass is 335 g/mol. The molecule has 7 heteroatoms. The minimum Gasteiger partial charge on any atom is -0.355 e. The third-order valence-electron chi connectivity index (χ3n) is 4.20. The van der Waals surface area contributed by atoms with Gasteiger partial charge in [-0.25, -0.2) is 9.18 Å². The molecule has 1 aromatic rings. The van der Waals surface area contributed by atoms with E-state index in [9.17, 15) is 18.8 Å². The molecule has 1 atom stereocenters. The molecule has 1 saturated heterocycles. The molecule has 0 aliphatic carbocycles. The first kappa shape index (κ1) is 17.9. The van der Waals surface area contributed by atoms with Crippen LogP contribution in [0.25, 0.3) is 0 Å². The Morgan fingerprint density at radius 1 is 1.25 bits per heavy atom. The molecule has 24 heavy (non-hydrogen) atoms. The summed E-state index contributed by atoms with van der Waals surface area (Å²) >= 11 is 0. The van der Waals surface area contributed by atoms with Crippen molar-refractivity contribution in [2.24, 2.45) is 0 Å². The standard InChI is InChI=1S/C17H22FN3O3/c1-3-5-10-19-14(22)11-21-15(23)17(4-2,20-16(21)24)12-6-8-13(18)9-7-12/h6-9H,3-5,10-11H2,1-2H3,(H,19,22)(H,20,24). The number of imide groups is 1. The van der Waals surface area contributed by atoms with Crippen molar-refractivity contribution in [3.05, 3.63) is 35.6 Å². The number of carbonyl (C=O) groups excluding carboxylic acids is 3. The van der Waals surface area contributed by atoms with Crippen LogP contribution in [0.1, 0.15) is 38.7 Å². The summed E-state index contributed by atoms with van der Waals surface area (Å²) in [5.41, 5.74) is -0.757. The van der Waals surface area contributed by atoms with Gasteiger partial charge in [-0.3, -0.25) is 14.5 Å². The van der Waals surface area contributed by atoms with Crippen molar-refractivity contribution in [1.29, 1.82) is 0 Å². The van der Waals surface area contributed by atoms with Gasteiger partial charge in [0.2, 0.25) is 5.91 Å². The molecular weight excluding hydrogens is 313 g/mol. The Kier molecular flexibility index (Phi) is 5.54. The molecule has 1 aliphatic rings. The molecule has 1 aromatic carbocycles. The topological polar surface area (TPSA) is 78.5 Å². The second-order valence-corrected chi connectivity index (χ2v) is 5.79. The molecular formula is C17H22FN3O3. The number of amides is 4. The average molecular weight is 335 g/mol. The molecule has 2 rings (SSSR count). The number of hydrogen-bond acceptors (Lipinski definition) is 3. The molecule has 6 nitrogen and oxygen atoms in total. The van der Waals surface area contributed by atoms with Crippen LogP contribution in [0.5, 0.6) is 0 Å². The highest BCUT2D eigenvalue weighted by Crippen LogP contribution is 2.32. The summed E-state index contributed by atoms with van der Waals surface area (Å²) in [6, 6.07) is 4.82. The van der Waals surface area contributed by atoms with E-state index in [2.05, 4.69) is 10.6 Å². The smallest absolute Gasteiger partial charge is 0.325 e. The van der Waals surface area contributed by atoms with E-state index in [4.69, 9.17) is 0 Å². The van der Waals surface area contributed by atoms with Gasteiger partial charge in [-0.15, -0.1) is 0 Å². The number of rotatable bonds is 7. The summed E-state index contributed by atoms with van der Waals surface area (Å²) in [5.74, 6) is -1.29. The first-order valence-corrected chi connectivity index (χ1v) is 8.11. The zero-order valence-corrected chi connectivity index (χ0v) is 13.9. The quantitative estimate of drug-likeness (QED) is 0.590. The van der Waals surface area contributed by atoms with Gasteiger partial charge < -0.3 is 10.6 Å². The Morgan fingerprint density at radius 3 is 2.50 bits per heavy atom. The normalized spacial score (nSPS) is 20.2. The highest BCUT2D eigenvalue weighted by Gasteiger charge is 2.51. The maximum atomic E-state index is 13.1. The molecule has 130 valence electrons. The van der Waals surface area contributed by atoms with Gasteiger partial charge in [-0.05, 0) is 30.5 Å². The fourth-order valence-corrected chi connectivity index (χ4v) is 2.75. The van der Waals surface area contributed by atoms with Gasteiger partial charge in [0.1, 0.15) is 17.9 Å². The van der Waals surface area contributed by atoms with E-state index in [1.165, 1.54) is 24.3 Å². The maximum absolute atomic E-state index is 13.1. The van der Waals surface area contributed by atoms with Crippen LogP contribution in [0.15, 0.2) is 24.3 Å². The lowest BCUT2D eigenvalue weighted by Gasteiger charge is -2.25. The number of urea groups is 1. The highest BCUT2D eigenvalue weighted by molar-refractivity contribution is 6.09. The lowest BCUT2D eigenvalue weighted by molar-refractivity contribution is -0.135. The molecule has 4 amide bonds. The summed E-state index contributed by atoms with van der Waals surface area (Å²) in [7, 11) is 0. The largest absolute Gasteiger partial charge is 0.355 e. The number of hydrogen-bond donors (Lipinski definition) is 2. The minimum atomic E-state index is -1.26. The maximum Gasteiger partial charge on any atom is 0.325 e. The Balaban J connectivity index is 2.16. The van der Waals surface area contributed by atoms with Gasteiger partial charge >= 0.3 is 6.03 Å². The first-order valence-electron chi connectivity index (χ1n) is 8.11. The van der Waals surface area contributed by atoms with Gasteiger partial charge in [-0.2, -0.15) is 0 Å². The van der Waals surface area contributed by atoms with Gasteiger partial charge in [0.05, 0.1) is 0 Å². The third-order valence-corrected chi connectivity index (χ3v) is 4.20. The summed E-state index contributed by atoms with van der Waals surface area (Å²) in [6.07, 6.45) is 2.07. The van der Waals surface area contributed by atoms with Gasteiger partial charge in [0.25, 0.3) is 5.91 Å². The SMILES string of the molecule is CCCCNC(=O)CN1C(=O)NC(CC)(c2ccc(F)cc2)C1=O. The van der Waals surface area contributed by atoms with Crippen LogP contribution in [0.4, 0.5) is 9.18 Å². The summed E-state index contributed by atoms with van der Waals surface area (Å²) in [6.45, 7) is 3.95. The molecule has 0 spiro atoms. The number of carbonyl (C=O) groups is 3. The Labute approximate surface area is 140 Å². The molecule has 0 radical (unpaired) electrons. The predicted octanol–water partition coefficient (Wildman–Crippen LogP) is 1.90. The van der Waals surface area contributed by atoms with E-state index < -0.39 is 23.3 Å². The number of nitrogens with one attached hydrogen (secondary N) is 2. The molecule has 2 N–H and O–H groups in total. The van der Waals surface area contributed by atoms with Crippen molar-refractivity contribution in [3.8, 4) is 0 Å². The number of benzene rings is 1. The van der Waals surface area contributed by atoms with Gasteiger partial charge in [0.15, 0.2) is 0 Å². The predicted molar refractivity (Wildman–Crippen MR) is 86.5 cm³/mol. The molecule has 1 fully saturated rings. The Hall–Kier alpha value is -2.44. The molecule has 1 unspecified atom stereocenters. The number of halogens is 1. The van der Waals surface area contributed by atoms with Gasteiger partial charge in [0, 0.05) is 6.54 Å². The zero-order chi connectivity index (χ0) is 17.7. The molecule has 0 aromatic heterocycles. The lowest BCUT2D eigenvalue weighted by Crippen LogP contribution is -2.44. The van der Waals surface area contributed by atoms with E-state index in [0.29, 0.717) is 18.5 Å². The van der Waals surface area contributed by atoms with Crippen molar-refractivity contribution < 1.29 is 18.8 Å². The molecule has 1 heterocycles. The van der Waals surface area contributed by atoms with Crippen molar-refractivity contribution in [2.75, 3.05) is 13.1 Å². The minimum absolute atomic E-state index is 0.303. The Bertz CT molecular complexity index is 632. The van der Waals surface area contributed by atoms with Crippen LogP contribution in [0.2, 0.25) is 0 Å². The van der Waals surface area contributed by atoms with Crippen LogP contribution in [-0.4, -0.2) is 35.8 Å². The van der Waals surface area contributed by atoms with Crippen molar-refractivity contribution >= 4 is 17.8 Å². The second-order valence-electron chi connectivity index (χ2n) is 5.79. The van der Waals surface area contributed by atoms with E-state index in [1.807, 2.05) is 6.92 Å². The summed E-state index contributed by atoms with van der Waals surface area (Å²) in [4.78, 5) is 37.8. The fraction of sp³-hybridized carbons (Fsp3) is 0.471. The molecule has 0 bridgehead atoms. The van der Waals surface area contributed by atoms with E-state index >= 15 is 0 Å². The van der Waals surface area contributed by atoms with Gasteiger partial charge in [-0.1, -0.05) is 32.4 Å². The van der Waals surface area contributed by atoms with Crippen LogP contribution >= 0.6 is 0 Å². The van der Waals surface area contributed by atoms with E-state index in [1.54, 1.807) is 6.92 Å². The first-order chi connectivity index (χ1) is 11.4. The third kappa shape index (κ3) is 3.39. The van der Waals surface area contributed by atoms with E-state index in [0.717, 1.165) is 17.7 Å². The van der Waals surface area contributed by atoms with E-state index in [-0.39, 0.29) is 12.5 Å². The number of unbranched alkanes of at least 4 members (excludes halogenated alkanes) is 1. The van der Waals surface area contributed by atoms with Crippen molar-refractivity contribution in [2.45, 2.75) is 38.6 Å². The summed E-state index contributed by atoms with van der Waals surface area (Å²) < 4.78 is 13.1. The van der Waals surface area contributed by atoms with Crippen LogP contribution in [0, 0.1) is 5.82 Å². The fourth-order valence-electron chi connectivity index (χ4n) is 2.75. The summed E-state index contributed by atoms with van der Waals surface area (Å²) in [5, 5.41) is 5.34. The zero-order valence-electron chi connectivity index (χ0n) is 13.9. The molecule has 1 aliphatic heterocycles. The lowest BCUT2D eigenvalue weighted by atomic mass is 9.87. The molecule has 0 saturated carbocycles. The van der Waals surface area contributed by atoms with Crippen LogP contribution < -0.4 is 10.6 Å². The highest BCUT2D eigenvalue weighted by atomic mass is 19.1. The van der Waals surface area contributed by atoms with Crippen LogP contribution in [-0.2, 0) is 15.1 Å². The average Bonchev–Trinajstić information content (AvgIpc) is 2.81. The van der Waals surface area contributed by atoms with Crippen molar-refractivity contribution in [1.82, 2.24) is 15.5 Å². The Morgan fingerprint density at radius 2 is 1.92 bits per heavy atom. The van der Waals surface area contributed by atoms with Crippen LogP contribution in [0.3, 0.4) is 0 Å².